The normalized spacial score (nSPS) is 11.1. The van der Waals surface area contributed by atoms with Crippen LogP contribution in [0.25, 0.3) is 32.9 Å². The number of hydrogen-bond donors (Lipinski definition) is 2. The van der Waals surface area contributed by atoms with Crippen LogP contribution < -0.4 is 15.8 Å². The molecule has 0 aliphatic heterocycles. The van der Waals surface area contributed by atoms with Crippen molar-refractivity contribution in [2.75, 3.05) is 12.4 Å². The Balaban J connectivity index is 1.75. The first kappa shape index (κ1) is 21.5. The standard InChI is InChI=1S/C27H25N5O2/c1-4-16-10-19(17-8-9-18-14-30-32(2)24(18)12-17)11-22-25(16)29-15-23(27(28)33)26(22)31-20-6-5-7-21(13-20)34-3/h5-15H,4H2,1-3H3,(H2,28,33)(H,29,31). The Bertz CT molecular complexity index is 1550. The van der Waals surface area contributed by atoms with E-state index in [-0.39, 0.29) is 0 Å². The third kappa shape index (κ3) is 3.71. The molecule has 0 saturated heterocycles. The fourth-order valence-corrected chi connectivity index (χ4v) is 4.30. The van der Waals surface area contributed by atoms with Gasteiger partial charge in [-0.2, -0.15) is 5.10 Å². The molecule has 5 aromatic rings. The topological polar surface area (TPSA) is 95.1 Å². The average Bonchev–Trinajstić information content (AvgIpc) is 3.23. The predicted octanol–water partition coefficient (Wildman–Crippen LogP) is 5.20. The summed E-state index contributed by atoms with van der Waals surface area (Å²) in [5, 5.41) is 9.67. The van der Waals surface area contributed by atoms with E-state index in [0.29, 0.717) is 17.0 Å². The molecule has 0 saturated carbocycles. The van der Waals surface area contributed by atoms with Crippen molar-refractivity contribution in [3.63, 3.8) is 0 Å². The fraction of sp³-hybridized carbons (Fsp3) is 0.148. The Morgan fingerprint density at radius 3 is 2.71 bits per heavy atom. The van der Waals surface area contributed by atoms with E-state index in [2.05, 4.69) is 52.7 Å². The average molecular weight is 452 g/mol. The van der Waals surface area contributed by atoms with E-state index in [1.54, 1.807) is 13.3 Å². The smallest absolute Gasteiger partial charge is 0.252 e. The Kier molecular flexibility index (Phi) is 5.37. The highest BCUT2D eigenvalue weighted by molar-refractivity contribution is 6.09. The molecule has 1 amide bonds. The number of pyridine rings is 1. The molecule has 0 fully saturated rings. The number of carbonyl (C=O) groups excluding carboxylic acids is 1. The second-order valence-corrected chi connectivity index (χ2v) is 8.19. The van der Waals surface area contributed by atoms with Crippen LogP contribution in [0.1, 0.15) is 22.8 Å². The van der Waals surface area contributed by atoms with Crippen molar-refractivity contribution in [3.8, 4) is 16.9 Å². The molecule has 0 spiro atoms. The van der Waals surface area contributed by atoms with E-state index in [4.69, 9.17) is 10.5 Å². The van der Waals surface area contributed by atoms with Crippen molar-refractivity contribution in [2.45, 2.75) is 13.3 Å². The molecule has 170 valence electrons. The van der Waals surface area contributed by atoms with Crippen molar-refractivity contribution in [1.82, 2.24) is 14.8 Å². The van der Waals surface area contributed by atoms with Crippen LogP contribution in [0, 0.1) is 0 Å². The van der Waals surface area contributed by atoms with Gasteiger partial charge in [-0.3, -0.25) is 14.5 Å². The molecule has 3 aromatic carbocycles. The fourth-order valence-electron chi connectivity index (χ4n) is 4.30. The van der Waals surface area contributed by atoms with Gasteiger partial charge in [0.2, 0.25) is 0 Å². The summed E-state index contributed by atoms with van der Waals surface area (Å²) in [6.45, 7) is 2.10. The number of aryl methyl sites for hydroxylation is 2. The number of carbonyl (C=O) groups is 1. The molecule has 0 unspecified atom stereocenters. The number of primary amides is 1. The maximum atomic E-state index is 12.4. The molecule has 0 bridgehead atoms. The molecule has 0 aliphatic carbocycles. The summed E-state index contributed by atoms with van der Waals surface area (Å²) in [5.41, 5.74) is 12.6. The van der Waals surface area contributed by atoms with Gasteiger partial charge in [-0.1, -0.05) is 25.1 Å². The van der Waals surface area contributed by atoms with Gasteiger partial charge in [-0.15, -0.1) is 0 Å². The SMILES string of the molecule is CCc1cc(-c2ccc3cnn(C)c3c2)cc2c(Nc3cccc(OC)c3)c(C(N)=O)cnc12. The lowest BCUT2D eigenvalue weighted by Crippen LogP contribution is -2.14. The van der Waals surface area contributed by atoms with Crippen LogP contribution in [0.4, 0.5) is 11.4 Å². The van der Waals surface area contributed by atoms with Crippen LogP contribution in [-0.4, -0.2) is 27.8 Å². The second-order valence-electron chi connectivity index (χ2n) is 8.19. The third-order valence-electron chi connectivity index (χ3n) is 6.12. The van der Waals surface area contributed by atoms with E-state index < -0.39 is 5.91 Å². The summed E-state index contributed by atoms with van der Waals surface area (Å²) in [6.07, 6.45) is 4.20. The number of amides is 1. The van der Waals surface area contributed by atoms with Crippen molar-refractivity contribution < 1.29 is 9.53 Å². The largest absolute Gasteiger partial charge is 0.497 e. The number of nitrogens with one attached hydrogen (secondary N) is 1. The van der Waals surface area contributed by atoms with Crippen molar-refractivity contribution in [2.24, 2.45) is 12.8 Å². The van der Waals surface area contributed by atoms with Crippen LogP contribution in [0.2, 0.25) is 0 Å². The Labute approximate surface area is 197 Å². The molecule has 2 heterocycles. The summed E-state index contributed by atoms with van der Waals surface area (Å²) in [6, 6.07) is 18.1. The van der Waals surface area contributed by atoms with E-state index in [9.17, 15) is 4.79 Å². The Hall–Kier alpha value is -4.39. The molecule has 34 heavy (non-hydrogen) atoms. The zero-order valence-electron chi connectivity index (χ0n) is 19.3. The zero-order valence-corrected chi connectivity index (χ0v) is 19.3. The van der Waals surface area contributed by atoms with Crippen LogP contribution in [0.5, 0.6) is 5.75 Å². The second kappa shape index (κ2) is 8.51. The molecule has 3 N–H and O–H groups in total. The zero-order chi connectivity index (χ0) is 23.8. The summed E-state index contributed by atoms with van der Waals surface area (Å²) >= 11 is 0. The van der Waals surface area contributed by atoms with Crippen LogP contribution in [0.3, 0.4) is 0 Å². The first-order valence-electron chi connectivity index (χ1n) is 11.1. The van der Waals surface area contributed by atoms with Gasteiger partial charge in [-0.05, 0) is 53.4 Å². The van der Waals surface area contributed by atoms with Gasteiger partial charge >= 0.3 is 0 Å². The number of aromatic nitrogens is 3. The molecular weight excluding hydrogens is 426 g/mol. The number of anilines is 2. The number of rotatable bonds is 6. The molecule has 0 radical (unpaired) electrons. The lowest BCUT2D eigenvalue weighted by atomic mass is 9.96. The molecular formula is C27H25N5O2. The van der Waals surface area contributed by atoms with E-state index in [1.807, 2.05) is 42.2 Å². The minimum atomic E-state index is -0.542. The van der Waals surface area contributed by atoms with E-state index >= 15 is 0 Å². The molecule has 2 aromatic heterocycles. The lowest BCUT2D eigenvalue weighted by Gasteiger charge is -2.17. The number of ether oxygens (including phenoxy) is 1. The molecule has 0 atom stereocenters. The highest BCUT2D eigenvalue weighted by Gasteiger charge is 2.17. The minimum Gasteiger partial charge on any atom is -0.497 e. The number of fused-ring (bicyclic) bond motifs is 2. The van der Waals surface area contributed by atoms with Crippen molar-refractivity contribution >= 4 is 39.1 Å². The van der Waals surface area contributed by atoms with Gasteiger partial charge in [0.15, 0.2) is 0 Å². The number of nitrogens with zero attached hydrogens (tertiary/aromatic N) is 3. The summed E-state index contributed by atoms with van der Waals surface area (Å²) < 4.78 is 7.22. The minimum absolute atomic E-state index is 0.330. The van der Waals surface area contributed by atoms with Gasteiger partial charge in [-0.25, -0.2) is 0 Å². The third-order valence-corrected chi connectivity index (χ3v) is 6.12. The highest BCUT2D eigenvalue weighted by Crippen LogP contribution is 2.36. The highest BCUT2D eigenvalue weighted by atomic mass is 16.5. The molecule has 5 rings (SSSR count). The van der Waals surface area contributed by atoms with Gasteiger partial charge in [0.25, 0.3) is 5.91 Å². The quantitative estimate of drug-likeness (QED) is 0.370. The molecule has 7 heteroatoms. The number of nitrogens with two attached hydrogens (primary N) is 1. The number of benzene rings is 3. The monoisotopic (exact) mass is 451 g/mol. The van der Waals surface area contributed by atoms with Gasteiger partial charge in [0.05, 0.1) is 35.6 Å². The van der Waals surface area contributed by atoms with Crippen LogP contribution in [0.15, 0.2) is 67.0 Å². The first-order chi connectivity index (χ1) is 16.5. The Morgan fingerprint density at radius 2 is 1.94 bits per heavy atom. The number of methoxy groups -OCH3 is 1. The number of hydrogen-bond acceptors (Lipinski definition) is 5. The first-order valence-corrected chi connectivity index (χ1v) is 11.1. The summed E-state index contributed by atoms with van der Waals surface area (Å²) in [4.78, 5) is 17.0. The molecule has 7 nitrogen and oxygen atoms in total. The van der Waals surface area contributed by atoms with Crippen molar-refractivity contribution in [3.05, 3.63) is 78.1 Å². The summed E-state index contributed by atoms with van der Waals surface area (Å²) in [5.74, 6) is 0.169. The maximum absolute atomic E-state index is 12.4. The van der Waals surface area contributed by atoms with E-state index in [0.717, 1.165) is 50.6 Å². The van der Waals surface area contributed by atoms with Crippen LogP contribution in [-0.2, 0) is 13.5 Å². The van der Waals surface area contributed by atoms with Crippen molar-refractivity contribution in [1.29, 1.82) is 0 Å². The Morgan fingerprint density at radius 1 is 1.09 bits per heavy atom. The van der Waals surface area contributed by atoms with Gasteiger partial charge in [0.1, 0.15) is 5.75 Å². The van der Waals surface area contributed by atoms with Crippen LogP contribution >= 0.6 is 0 Å². The van der Waals surface area contributed by atoms with E-state index in [1.165, 1.54) is 0 Å². The van der Waals surface area contributed by atoms with Gasteiger partial charge in [0, 0.05) is 35.8 Å². The predicted molar refractivity (Wildman–Crippen MR) is 136 cm³/mol. The maximum Gasteiger partial charge on any atom is 0.252 e. The lowest BCUT2D eigenvalue weighted by molar-refractivity contribution is 0.100. The molecule has 0 aliphatic rings. The summed E-state index contributed by atoms with van der Waals surface area (Å²) in [7, 11) is 3.55. The van der Waals surface area contributed by atoms with Gasteiger partial charge < -0.3 is 15.8 Å².